The van der Waals surface area contributed by atoms with Gasteiger partial charge in [-0.05, 0) is 44.9 Å². The van der Waals surface area contributed by atoms with Crippen LogP contribution < -0.4 is 19.1 Å². The molecule has 3 aromatic rings. The molecule has 0 bridgehead atoms. The van der Waals surface area contributed by atoms with E-state index in [0.717, 1.165) is 30.0 Å². The molecule has 0 spiro atoms. The lowest BCUT2D eigenvalue weighted by Crippen LogP contribution is -2.35. The first-order valence-corrected chi connectivity index (χ1v) is 12.4. The van der Waals surface area contributed by atoms with Crippen LogP contribution in [0.2, 0.25) is 0 Å². The summed E-state index contributed by atoms with van der Waals surface area (Å²) in [5.41, 5.74) is 2.63. The van der Waals surface area contributed by atoms with Crippen molar-refractivity contribution >= 4 is 11.7 Å². The van der Waals surface area contributed by atoms with Crippen LogP contribution >= 0.6 is 0 Å². The Labute approximate surface area is 206 Å². The van der Waals surface area contributed by atoms with Crippen molar-refractivity contribution in [3.05, 3.63) is 54.1 Å². The van der Waals surface area contributed by atoms with Crippen molar-refractivity contribution in [2.75, 3.05) is 50.9 Å². The molecule has 8 heteroatoms. The maximum absolute atomic E-state index is 13.5. The third-order valence-corrected chi connectivity index (χ3v) is 5.91. The molecule has 4 rings (SSSR count). The normalized spacial score (nSPS) is 13.9. The molecule has 0 saturated carbocycles. The standard InChI is InChI=1S/C27H34N4O4/c1-4-33-23-17-21(18-24(34-5-2)26(23)35-6-3)27(32)31-14-10-13-30(15-16-31)25-19-22(28-29-25)20-11-8-7-9-12-20/h7-9,11-12,17-19H,4-6,10,13-16H2,1-3H3,(H,28,29). The minimum Gasteiger partial charge on any atom is -0.490 e. The number of carbonyl (C=O) groups is 1. The van der Waals surface area contributed by atoms with E-state index in [1.165, 1.54) is 0 Å². The molecule has 1 aliphatic heterocycles. The zero-order valence-electron chi connectivity index (χ0n) is 20.8. The molecule has 8 nitrogen and oxygen atoms in total. The van der Waals surface area contributed by atoms with E-state index in [9.17, 15) is 4.79 Å². The van der Waals surface area contributed by atoms with E-state index in [1.807, 2.05) is 43.9 Å². The van der Waals surface area contributed by atoms with Crippen LogP contribution in [-0.4, -0.2) is 67.0 Å². The summed E-state index contributed by atoms with van der Waals surface area (Å²) < 4.78 is 17.4. The van der Waals surface area contributed by atoms with Gasteiger partial charge in [-0.1, -0.05) is 30.3 Å². The maximum Gasteiger partial charge on any atom is 0.254 e. The Balaban J connectivity index is 1.50. The lowest BCUT2D eigenvalue weighted by Gasteiger charge is -2.23. The average Bonchev–Trinajstić information content (AvgIpc) is 3.24. The molecule has 0 radical (unpaired) electrons. The Bertz CT molecular complexity index is 1090. The van der Waals surface area contributed by atoms with E-state index in [0.29, 0.717) is 62.3 Å². The highest BCUT2D eigenvalue weighted by Crippen LogP contribution is 2.39. The number of anilines is 1. The van der Waals surface area contributed by atoms with Gasteiger partial charge in [0.25, 0.3) is 5.91 Å². The van der Waals surface area contributed by atoms with Gasteiger partial charge < -0.3 is 24.0 Å². The van der Waals surface area contributed by atoms with Gasteiger partial charge in [0.1, 0.15) is 0 Å². The molecule has 2 heterocycles. The first kappa shape index (κ1) is 24.4. The summed E-state index contributed by atoms with van der Waals surface area (Å²) >= 11 is 0. The highest BCUT2D eigenvalue weighted by atomic mass is 16.5. The monoisotopic (exact) mass is 478 g/mol. The number of ether oxygens (including phenoxy) is 3. The van der Waals surface area contributed by atoms with Crippen LogP contribution in [0.5, 0.6) is 17.2 Å². The second-order valence-corrected chi connectivity index (χ2v) is 8.24. The van der Waals surface area contributed by atoms with Gasteiger partial charge >= 0.3 is 0 Å². The van der Waals surface area contributed by atoms with Crippen molar-refractivity contribution in [2.45, 2.75) is 27.2 Å². The van der Waals surface area contributed by atoms with Crippen LogP contribution in [0.3, 0.4) is 0 Å². The molecule has 35 heavy (non-hydrogen) atoms. The molecule has 1 N–H and O–H groups in total. The van der Waals surface area contributed by atoms with Gasteiger partial charge in [-0.2, -0.15) is 5.10 Å². The van der Waals surface area contributed by atoms with Crippen molar-refractivity contribution in [1.29, 1.82) is 0 Å². The molecule has 1 aliphatic rings. The zero-order valence-corrected chi connectivity index (χ0v) is 20.8. The van der Waals surface area contributed by atoms with Gasteiger partial charge in [0, 0.05) is 37.8 Å². The molecule has 1 fully saturated rings. The van der Waals surface area contributed by atoms with E-state index in [2.05, 4.69) is 33.3 Å². The van der Waals surface area contributed by atoms with Crippen molar-refractivity contribution in [3.8, 4) is 28.5 Å². The molecule has 2 aromatic carbocycles. The molecule has 0 atom stereocenters. The number of carbonyl (C=O) groups excluding carboxylic acids is 1. The molecule has 0 unspecified atom stereocenters. The molecular formula is C27H34N4O4. The number of nitrogens with one attached hydrogen (secondary N) is 1. The molecule has 1 amide bonds. The summed E-state index contributed by atoms with van der Waals surface area (Å²) in [4.78, 5) is 17.6. The summed E-state index contributed by atoms with van der Waals surface area (Å²) in [7, 11) is 0. The van der Waals surface area contributed by atoms with Crippen LogP contribution in [0.15, 0.2) is 48.5 Å². The fourth-order valence-electron chi connectivity index (χ4n) is 4.28. The number of aromatic nitrogens is 2. The fraction of sp³-hybridized carbons (Fsp3) is 0.407. The van der Waals surface area contributed by atoms with E-state index < -0.39 is 0 Å². The van der Waals surface area contributed by atoms with Crippen molar-refractivity contribution in [2.24, 2.45) is 0 Å². The van der Waals surface area contributed by atoms with Crippen molar-refractivity contribution < 1.29 is 19.0 Å². The third kappa shape index (κ3) is 5.70. The molecule has 186 valence electrons. The molecule has 1 saturated heterocycles. The van der Waals surface area contributed by atoms with E-state index in [1.54, 1.807) is 12.1 Å². The summed E-state index contributed by atoms with van der Waals surface area (Å²) in [6.07, 6.45) is 0.854. The van der Waals surface area contributed by atoms with E-state index in [-0.39, 0.29) is 5.91 Å². The SMILES string of the molecule is CCOc1cc(C(=O)N2CCCN(c3cc(-c4ccccc4)[nH]n3)CC2)cc(OCC)c1OCC. The molecular weight excluding hydrogens is 444 g/mol. The summed E-state index contributed by atoms with van der Waals surface area (Å²) in [6.45, 7) is 9.97. The number of benzene rings is 2. The predicted molar refractivity (Wildman–Crippen MR) is 137 cm³/mol. The minimum absolute atomic E-state index is 0.0381. The summed E-state index contributed by atoms with van der Waals surface area (Å²) in [5.74, 6) is 2.47. The number of hydrogen-bond donors (Lipinski definition) is 1. The van der Waals surface area contributed by atoms with E-state index >= 15 is 0 Å². The quantitative estimate of drug-likeness (QED) is 0.483. The molecule has 0 aliphatic carbocycles. The van der Waals surface area contributed by atoms with Gasteiger partial charge in [-0.15, -0.1) is 0 Å². The lowest BCUT2D eigenvalue weighted by atomic mass is 10.1. The van der Waals surface area contributed by atoms with Crippen LogP contribution in [0.4, 0.5) is 5.82 Å². The largest absolute Gasteiger partial charge is 0.490 e. The Morgan fingerprint density at radius 1 is 0.886 bits per heavy atom. The van der Waals surface area contributed by atoms with Crippen LogP contribution in [-0.2, 0) is 0 Å². The first-order chi connectivity index (χ1) is 17.1. The second kappa shape index (κ2) is 11.6. The number of amides is 1. The van der Waals surface area contributed by atoms with Crippen molar-refractivity contribution in [1.82, 2.24) is 15.1 Å². The first-order valence-electron chi connectivity index (χ1n) is 12.4. The maximum atomic E-state index is 13.5. The number of hydrogen-bond acceptors (Lipinski definition) is 6. The highest BCUT2D eigenvalue weighted by molar-refractivity contribution is 5.95. The van der Waals surface area contributed by atoms with E-state index in [4.69, 9.17) is 14.2 Å². The number of H-pyrrole nitrogens is 1. The topological polar surface area (TPSA) is 79.9 Å². The average molecular weight is 479 g/mol. The van der Waals surface area contributed by atoms with Crippen LogP contribution in [0.25, 0.3) is 11.3 Å². The smallest absolute Gasteiger partial charge is 0.254 e. The minimum atomic E-state index is -0.0381. The zero-order chi connectivity index (χ0) is 24.6. The predicted octanol–water partition coefficient (Wildman–Crippen LogP) is 4.63. The third-order valence-electron chi connectivity index (χ3n) is 5.91. The van der Waals surface area contributed by atoms with Gasteiger partial charge in [-0.25, -0.2) is 0 Å². The Hall–Kier alpha value is -3.68. The van der Waals surface area contributed by atoms with Crippen LogP contribution in [0, 0.1) is 0 Å². The highest BCUT2D eigenvalue weighted by Gasteiger charge is 2.25. The van der Waals surface area contributed by atoms with Gasteiger partial charge in [0.15, 0.2) is 17.3 Å². The lowest BCUT2D eigenvalue weighted by molar-refractivity contribution is 0.0766. The van der Waals surface area contributed by atoms with Gasteiger partial charge in [-0.3, -0.25) is 9.89 Å². The molecule has 1 aromatic heterocycles. The van der Waals surface area contributed by atoms with Gasteiger partial charge in [0.2, 0.25) is 5.75 Å². The number of aromatic amines is 1. The Morgan fingerprint density at radius 3 is 2.23 bits per heavy atom. The summed E-state index contributed by atoms with van der Waals surface area (Å²) in [6, 6.07) is 15.8. The Kier molecular flexibility index (Phi) is 8.13. The number of rotatable bonds is 9. The van der Waals surface area contributed by atoms with Gasteiger partial charge in [0.05, 0.1) is 25.5 Å². The second-order valence-electron chi connectivity index (χ2n) is 8.24. The summed E-state index contributed by atoms with van der Waals surface area (Å²) in [5, 5.41) is 7.67. The van der Waals surface area contributed by atoms with Crippen LogP contribution in [0.1, 0.15) is 37.6 Å². The fourth-order valence-corrected chi connectivity index (χ4v) is 4.28. The Morgan fingerprint density at radius 2 is 1.57 bits per heavy atom. The van der Waals surface area contributed by atoms with Crippen molar-refractivity contribution in [3.63, 3.8) is 0 Å². The number of nitrogens with zero attached hydrogens (tertiary/aromatic N) is 3.